The van der Waals surface area contributed by atoms with Gasteiger partial charge in [-0.1, -0.05) is 6.92 Å². The van der Waals surface area contributed by atoms with Crippen LogP contribution in [0.25, 0.3) is 0 Å². The summed E-state index contributed by atoms with van der Waals surface area (Å²) in [5, 5.41) is 40.8. The van der Waals surface area contributed by atoms with Gasteiger partial charge in [0.25, 0.3) is 5.91 Å². The van der Waals surface area contributed by atoms with E-state index in [1.54, 1.807) is 11.9 Å². The number of aliphatic carboxylic acids is 1. The first kappa shape index (κ1) is 23.5. The van der Waals surface area contributed by atoms with E-state index in [0.29, 0.717) is 12.1 Å². The number of amides is 2. The quantitative estimate of drug-likeness (QED) is 0.276. The van der Waals surface area contributed by atoms with Gasteiger partial charge in [-0.25, -0.2) is 9.18 Å². The van der Waals surface area contributed by atoms with Crippen LogP contribution in [0.3, 0.4) is 0 Å². The summed E-state index contributed by atoms with van der Waals surface area (Å²) in [6.45, 7) is 4.04. The van der Waals surface area contributed by atoms with Crippen LogP contribution in [0.5, 0.6) is 11.5 Å². The van der Waals surface area contributed by atoms with Crippen LogP contribution in [0.1, 0.15) is 24.2 Å². The molecule has 3 rings (SSSR count). The molecule has 0 bridgehead atoms. The number of carboxylic acid groups (broad SMARTS) is 1. The number of phenolic OH excluding ortho intramolecular Hbond substituents is 2. The fourth-order valence-corrected chi connectivity index (χ4v) is 4.40. The van der Waals surface area contributed by atoms with E-state index in [1.807, 2.05) is 6.92 Å². The number of rotatable bonds is 8. The lowest BCUT2D eigenvalue weighted by Crippen LogP contribution is -2.63. The van der Waals surface area contributed by atoms with Gasteiger partial charge in [0.1, 0.15) is 5.70 Å². The SMILES string of the molecule is C[C@@H](O)[C@H]1C(=O)N2C(C(=O)O)=C(CN(C)CCNC(=O)c3cc(O)c(O)c(F)c3)[C@H](C)[C@H]12. The number of phenols is 2. The summed E-state index contributed by atoms with van der Waals surface area (Å²) < 4.78 is 13.5. The lowest BCUT2D eigenvalue weighted by molar-refractivity contribution is -0.163. The van der Waals surface area contributed by atoms with E-state index in [2.05, 4.69) is 5.32 Å². The van der Waals surface area contributed by atoms with Gasteiger partial charge in [0, 0.05) is 31.1 Å². The molecule has 0 aromatic heterocycles. The van der Waals surface area contributed by atoms with Crippen molar-refractivity contribution in [2.24, 2.45) is 11.8 Å². The minimum Gasteiger partial charge on any atom is -0.504 e. The third-order valence-corrected chi connectivity index (χ3v) is 6.04. The fraction of sp³-hybridized carbons (Fsp3) is 0.476. The molecule has 1 aromatic carbocycles. The van der Waals surface area contributed by atoms with Gasteiger partial charge in [-0.05, 0) is 31.7 Å². The molecule has 174 valence electrons. The van der Waals surface area contributed by atoms with Crippen LogP contribution in [0.15, 0.2) is 23.4 Å². The summed E-state index contributed by atoms with van der Waals surface area (Å²) in [6, 6.07) is 1.35. The van der Waals surface area contributed by atoms with Gasteiger partial charge in [-0.15, -0.1) is 0 Å². The Kier molecular flexibility index (Phi) is 6.42. The lowest BCUT2D eigenvalue weighted by Gasteiger charge is -2.46. The highest BCUT2D eigenvalue weighted by molar-refractivity contribution is 6.00. The van der Waals surface area contributed by atoms with E-state index in [-0.39, 0.29) is 30.3 Å². The molecule has 32 heavy (non-hydrogen) atoms. The van der Waals surface area contributed by atoms with E-state index in [1.165, 1.54) is 11.8 Å². The molecule has 1 aromatic rings. The maximum atomic E-state index is 13.5. The summed E-state index contributed by atoms with van der Waals surface area (Å²) in [4.78, 5) is 39.4. The van der Waals surface area contributed by atoms with Gasteiger partial charge < -0.3 is 35.5 Å². The molecule has 11 heteroatoms. The Bertz CT molecular complexity index is 971. The molecule has 2 aliphatic heterocycles. The summed E-state index contributed by atoms with van der Waals surface area (Å²) in [7, 11) is 1.72. The number of aliphatic hydroxyl groups excluding tert-OH is 1. The van der Waals surface area contributed by atoms with Crippen LogP contribution in [0, 0.1) is 17.7 Å². The average molecular weight is 451 g/mol. The molecule has 1 fully saturated rings. The van der Waals surface area contributed by atoms with E-state index < -0.39 is 53.2 Å². The van der Waals surface area contributed by atoms with Gasteiger partial charge in [0.15, 0.2) is 17.3 Å². The standard InChI is InChI=1S/C21H26FN3O7/c1-9-12(17(21(31)32)25-16(9)15(10(2)26)20(25)30)8-24(3)5-4-23-19(29)11-6-13(22)18(28)14(27)7-11/h6-7,9-10,15-16,26-28H,4-5,8H2,1-3H3,(H,23,29)(H,31,32)/t9-,10+,15+,16+/m0/s1. The predicted octanol–water partition coefficient (Wildman–Crippen LogP) is 0.0947. The van der Waals surface area contributed by atoms with Crippen molar-refractivity contribution in [2.75, 3.05) is 26.7 Å². The smallest absolute Gasteiger partial charge is 0.352 e. The van der Waals surface area contributed by atoms with Crippen molar-refractivity contribution in [3.63, 3.8) is 0 Å². The number of benzene rings is 1. The van der Waals surface area contributed by atoms with Crippen LogP contribution in [-0.2, 0) is 9.59 Å². The number of likely N-dealkylation sites (N-methyl/N-ethyl adjacent to an activating group) is 1. The van der Waals surface area contributed by atoms with Gasteiger partial charge in [-0.2, -0.15) is 0 Å². The highest BCUT2D eigenvalue weighted by atomic mass is 19.1. The average Bonchev–Trinajstić information content (AvgIpc) is 2.94. The molecule has 10 nitrogen and oxygen atoms in total. The Morgan fingerprint density at radius 3 is 2.53 bits per heavy atom. The second-order valence-corrected chi connectivity index (χ2v) is 8.25. The molecule has 2 amide bonds. The highest BCUT2D eigenvalue weighted by Crippen LogP contribution is 2.47. The van der Waals surface area contributed by atoms with Crippen LogP contribution in [0.4, 0.5) is 4.39 Å². The molecule has 0 unspecified atom stereocenters. The summed E-state index contributed by atoms with van der Waals surface area (Å²) >= 11 is 0. The predicted molar refractivity (Wildman–Crippen MR) is 109 cm³/mol. The molecule has 1 saturated heterocycles. The summed E-state index contributed by atoms with van der Waals surface area (Å²) in [6.07, 6.45) is -0.877. The molecule has 4 atom stereocenters. The second-order valence-electron chi connectivity index (χ2n) is 8.25. The first-order valence-electron chi connectivity index (χ1n) is 10.1. The van der Waals surface area contributed by atoms with E-state index in [9.17, 15) is 39.2 Å². The number of carbonyl (C=O) groups excluding carboxylic acids is 2. The number of hydrogen-bond acceptors (Lipinski definition) is 7. The second kappa shape index (κ2) is 8.75. The number of fused-ring (bicyclic) bond motifs is 1. The Balaban J connectivity index is 1.62. The van der Waals surface area contributed by atoms with Crippen molar-refractivity contribution in [1.29, 1.82) is 0 Å². The molecule has 0 saturated carbocycles. The van der Waals surface area contributed by atoms with Crippen molar-refractivity contribution < 1.29 is 39.2 Å². The monoisotopic (exact) mass is 451 g/mol. The van der Waals surface area contributed by atoms with E-state index in [0.717, 1.165) is 12.1 Å². The third kappa shape index (κ3) is 4.00. The fourth-order valence-electron chi connectivity index (χ4n) is 4.40. The Morgan fingerprint density at radius 2 is 1.97 bits per heavy atom. The van der Waals surface area contributed by atoms with Crippen molar-refractivity contribution in [2.45, 2.75) is 26.0 Å². The maximum Gasteiger partial charge on any atom is 0.352 e. The van der Waals surface area contributed by atoms with Gasteiger partial charge in [0.05, 0.1) is 18.1 Å². The molecule has 2 aliphatic rings. The molecule has 2 heterocycles. The molecular weight excluding hydrogens is 425 g/mol. The largest absolute Gasteiger partial charge is 0.504 e. The number of halogens is 1. The lowest BCUT2D eigenvalue weighted by atomic mass is 9.77. The molecule has 0 aliphatic carbocycles. The highest BCUT2D eigenvalue weighted by Gasteiger charge is 2.59. The van der Waals surface area contributed by atoms with Gasteiger partial charge in [0.2, 0.25) is 5.91 Å². The van der Waals surface area contributed by atoms with Crippen LogP contribution < -0.4 is 5.32 Å². The van der Waals surface area contributed by atoms with E-state index in [4.69, 9.17) is 0 Å². The number of carbonyl (C=O) groups is 3. The first-order valence-corrected chi connectivity index (χ1v) is 10.1. The van der Waals surface area contributed by atoms with Crippen molar-refractivity contribution in [3.05, 3.63) is 34.8 Å². The number of aromatic hydroxyl groups is 2. The van der Waals surface area contributed by atoms with Crippen molar-refractivity contribution in [3.8, 4) is 11.5 Å². The number of carboxylic acids is 1. The first-order chi connectivity index (χ1) is 15.0. The zero-order valence-corrected chi connectivity index (χ0v) is 17.9. The molecule has 5 N–H and O–H groups in total. The summed E-state index contributed by atoms with van der Waals surface area (Å²) in [5.74, 6) is -5.94. The zero-order chi connectivity index (χ0) is 23.9. The van der Waals surface area contributed by atoms with Gasteiger partial charge >= 0.3 is 5.97 Å². The Hall–Kier alpha value is -3.18. The number of nitrogens with zero attached hydrogens (tertiary/aromatic N) is 2. The van der Waals surface area contributed by atoms with Crippen LogP contribution in [0.2, 0.25) is 0 Å². The summed E-state index contributed by atoms with van der Waals surface area (Å²) in [5.41, 5.74) is 0.349. The Morgan fingerprint density at radius 1 is 1.31 bits per heavy atom. The molecule has 0 spiro atoms. The zero-order valence-electron chi connectivity index (χ0n) is 17.9. The van der Waals surface area contributed by atoms with Crippen LogP contribution in [-0.4, -0.2) is 86.8 Å². The van der Waals surface area contributed by atoms with Crippen LogP contribution >= 0.6 is 0 Å². The topological polar surface area (TPSA) is 151 Å². The Labute approximate surface area is 183 Å². The third-order valence-electron chi connectivity index (χ3n) is 6.04. The number of aliphatic hydroxyl groups is 1. The van der Waals surface area contributed by atoms with E-state index >= 15 is 0 Å². The minimum atomic E-state index is -1.21. The number of nitrogens with one attached hydrogen (secondary N) is 1. The number of β-lactam (4-membered cyclic amide) rings is 1. The normalized spacial score (nSPS) is 23.2. The minimum absolute atomic E-state index is 0.0599. The number of hydrogen-bond donors (Lipinski definition) is 5. The molecular formula is C21H26FN3O7. The van der Waals surface area contributed by atoms with Crippen molar-refractivity contribution in [1.82, 2.24) is 15.1 Å². The maximum absolute atomic E-state index is 13.5. The van der Waals surface area contributed by atoms with Gasteiger partial charge in [-0.3, -0.25) is 9.59 Å². The molecule has 0 radical (unpaired) electrons. The van der Waals surface area contributed by atoms with Crippen molar-refractivity contribution >= 4 is 17.8 Å².